The molecule has 0 aliphatic heterocycles. The number of rotatable bonds is 10. The summed E-state index contributed by atoms with van der Waals surface area (Å²) in [6.45, 7) is 3.92. The fourth-order valence-electron chi connectivity index (χ4n) is 1.98. The van der Waals surface area contributed by atoms with E-state index >= 15 is 0 Å². The Bertz CT molecular complexity index is 456. The van der Waals surface area contributed by atoms with Crippen LogP contribution in [-0.4, -0.2) is 38.9 Å². The second-order valence-corrected chi connectivity index (χ2v) is 5.60. The van der Waals surface area contributed by atoms with E-state index in [4.69, 9.17) is 14.2 Å². The highest BCUT2D eigenvalue weighted by molar-refractivity contribution is 5.80. The molecule has 0 aromatic heterocycles. The van der Waals surface area contributed by atoms with E-state index in [9.17, 15) is 4.79 Å². The number of ether oxygens (including phenoxy) is 3. The number of carbonyl (C=O) groups is 1. The third-order valence-corrected chi connectivity index (χ3v) is 3.56. The molecule has 1 aromatic carbocycles. The van der Waals surface area contributed by atoms with Gasteiger partial charge >= 0.3 is 0 Å². The lowest BCUT2D eigenvalue weighted by Gasteiger charge is -2.15. The predicted octanol–water partition coefficient (Wildman–Crippen LogP) is 2.40. The molecule has 1 saturated carbocycles. The molecule has 1 unspecified atom stereocenters. The van der Waals surface area contributed by atoms with E-state index in [1.54, 1.807) is 38.3 Å². The van der Waals surface area contributed by atoms with E-state index in [2.05, 4.69) is 5.32 Å². The van der Waals surface area contributed by atoms with Gasteiger partial charge in [0, 0.05) is 19.8 Å². The first kappa shape index (κ1) is 16.6. The van der Waals surface area contributed by atoms with Crippen molar-refractivity contribution in [3.63, 3.8) is 0 Å². The summed E-state index contributed by atoms with van der Waals surface area (Å²) in [6, 6.07) is 7.18. The Balaban J connectivity index is 1.58. The molecule has 122 valence electrons. The van der Waals surface area contributed by atoms with Crippen molar-refractivity contribution in [2.45, 2.75) is 32.3 Å². The van der Waals surface area contributed by atoms with Crippen LogP contribution in [0, 0.1) is 5.92 Å². The lowest BCUT2D eigenvalue weighted by molar-refractivity contribution is -0.127. The number of amides is 1. The lowest BCUT2D eigenvalue weighted by Crippen LogP contribution is -2.37. The maximum absolute atomic E-state index is 11.9. The van der Waals surface area contributed by atoms with Crippen LogP contribution >= 0.6 is 0 Å². The SMILES string of the molecule is COc1ccc(OC(C)C(=O)NCCCOCC2CC2)cc1. The smallest absolute Gasteiger partial charge is 0.260 e. The molecule has 1 aromatic rings. The van der Waals surface area contributed by atoms with Crippen molar-refractivity contribution in [2.24, 2.45) is 5.92 Å². The van der Waals surface area contributed by atoms with Crippen molar-refractivity contribution in [1.82, 2.24) is 5.32 Å². The highest BCUT2D eigenvalue weighted by atomic mass is 16.5. The van der Waals surface area contributed by atoms with Crippen LogP contribution in [0.5, 0.6) is 11.5 Å². The van der Waals surface area contributed by atoms with Crippen molar-refractivity contribution >= 4 is 5.91 Å². The summed E-state index contributed by atoms with van der Waals surface area (Å²) in [7, 11) is 1.61. The van der Waals surface area contributed by atoms with Crippen LogP contribution in [0.4, 0.5) is 0 Å². The quantitative estimate of drug-likeness (QED) is 0.674. The zero-order valence-electron chi connectivity index (χ0n) is 13.3. The highest BCUT2D eigenvalue weighted by Gasteiger charge is 2.20. The Morgan fingerprint density at radius 1 is 1.27 bits per heavy atom. The van der Waals surface area contributed by atoms with E-state index in [0.29, 0.717) is 18.9 Å². The molecule has 1 fully saturated rings. The molecule has 5 nitrogen and oxygen atoms in total. The van der Waals surface area contributed by atoms with Gasteiger partial charge < -0.3 is 19.5 Å². The average molecular weight is 307 g/mol. The van der Waals surface area contributed by atoms with Gasteiger partial charge in [-0.15, -0.1) is 0 Å². The molecule has 1 amide bonds. The van der Waals surface area contributed by atoms with Crippen LogP contribution in [0.3, 0.4) is 0 Å². The molecule has 0 bridgehead atoms. The van der Waals surface area contributed by atoms with Crippen molar-refractivity contribution < 1.29 is 19.0 Å². The van der Waals surface area contributed by atoms with Crippen LogP contribution in [0.1, 0.15) is 26.2 Å². The summed E-state index contributed by atoms with van der Waals surface area (Å²) in [5.41, 5.74) is 0. The average Bonchev–Trinajstić information content (AvgIpc) is 3.35. The summed E-state index contributed by atoms with van der Waals surface area (Å²) in [4.78, 5) is 11.9. The summed E-state index contributed by atoms with van der Waals surface area (Å²) in [6.07, 6.45) is 2.91. The minimum atomic E-state index is -0.527. The standard InChI is InChI=1S/C17H25NO4/c1-13(22-16-8-6-15(20-2)7-9-16)17(19)18-10-3-11-21-12-14-4-5-14/h6-9,13-14H,3-5,10-12H2,1-2H3,(H,18,19). The van der Waals surface area contributed by atoms with Gasteiger partial charge in [-0.2, -0.15) is 0 Å². The lowest BCUT2D eigenvalue weighted by atomic mass is 10.3. The maximum Gasteiger partial charge on any atom is 0.260 e. The second kappa shape index (κ2) is 8.63. The first-order valence-corrected chi connectivity index (χ1v) is 7.85. The summed E-state index contributed by atoms with van der Waals surface area (Å²) < 4.78 is 16.2. The van der Waals surface area contributed by atoms with Gasteiger partial charge in [-0.1, -0.05) is 0 Å². The van der Waals surface area contributed by atoms with E-state index in [1.807, 2.05) is 0 Å². The zero-order chi connectivity index (χ0) is 15.8. The molecule has 0 spiro atoms. The van der Waals surface area contributed by atoms with Crippen LogP contribution in [0.2, 0.25) is 0 Å². The summed E-state index contributed by atoms with van der Waals surface area (Å²) in [5.74, 6) is 2.08. The molecule has 1 atom stereocenters. The predicted molar refractivity (Wildman–Crippen MR) is 84.3 cm³/mol. The van der Waals surface area contributed by atoms with Crippen LogP contribution in [0.15, 0.2) is 24.3 Å². The topological polar surface area (TPSA) is 56.8 Å². The third-order valence-electron chi connectivity index (χ3n) is 3.56. The van der Waals surface area contributed by atoms with E-state index in [1.165, 1.54) is 12.8 Å². The molecule has 1 aliphatic carbocycles. The van der Waals surface area contributed by atoms with Gasteiger partial charge in [0.25, 0.3) is 5.91 Å². The Kier molecular flexibility index (Phi) is 6.52. The number of methoxy groups -OCH3 is 1. The molecule has 0 saturated heterocycles. The zero-order valence-corrected chi connectivity index (χ0v) is 13.3. The van der Waals surface area contributed by atoms with Crippen molar-refractivity contribution in [2.75, 3.05) is 26.9 Å². The minimum absolute atomic E-state index is 0.113. The monoisotopic (exact) mass is 307 g/mol. The van der Waals surface area contributed by atoms with E-state index in [0.717, 1.165) is 24.7 Å². The molecular weight excluding hydrogens is 282 g/mol. The summed E-state index contributed by atoms with van der Waals surface area (Å²) >= 11 is 0. The number of benzene rings is 1. The first-order valence-electron chi connectivity index (χ1n) is 7.85. The molecule has 5 heteroatoms. The van der Waals surface area contributed by atoms with Gasteiger partial charge in [0.1, 0.15) is 11.5 Å². The molecule has 0 radical (unpaired) electrons. The minimum Gasteiger partial charge on any atom is -0.497 e. The van der Waals surface area contributed by atoms with Gasteiger partial charge in [0.2, 0.25) is 0 Å². The van der Waals surface area contributed by atoms with Crippen molar-refractivity contribution in [1.29, 1.82) is 0 Å². The Hall–Kier alpha value is -1.75. The van der Waals surface area contributed by atoms with E-state index in [-0.39, 0.29) is 5.91 Å². The fraction of sp³-hybridized carbons (Fsp3) is 0.588. The highest BCUT2D eigenvalue weighted by Crippen LogP contribution is 2.28. The van der Waals surface area contributed by atoms with Crippen LogP contribution in [0.25, 0.3) is 0 Å². The Morgan fingerprint density at radius 2 is 1.95 bits per heavy atom. The normalized spacial score (nSPS) is 15.2. The maximum atomic E-state index is 11.9. The Morgan fingerprint density at radius 3 is 2.59 bits per heavy atom. The van der Waals surface area contributed by atoms with Crippen LogP contribution in [-0.2, 0) is 9.53 Å². The van der Waals surface area contributed by atoms with Gasteiger partial charge in [-0.3, -0.25) is 4.79 Å². The number of nitrogens with one attached hydrogen (secondary N) is 1. The van der Waals surface area contributed by atoms with Crippen molar-refractivity contribution in [3.05, 3.63) is 24.3 Å². The van der Waals surface area contributed by atoms with Crippen molar-refractivity contribution in [3.8, 4) is 11.5 Å². The number of hydrogen-bond acceptors (Lipinski definition) is 4. The molecular formula is C17H25NO4. The second-order valence-electron chi connectivity index (χ2n) is 5.60. The van der Waals surface area contributed by atoms with Crippen LogP contribution < -0.4 is 14.8 Å². The van der Waals surface area contributed by atoms with Gasteiger partial charge in [-0.05, 0) is 56.4 Å². The molecule has 1 N–H and O–H groups in total. The van der Waals surface area contributed by atoms with Gasteiger partial charge in [-0.25, -0.2) is 0 Å². The van der Waals surface area contributed by atoms with E-state index < -0.39 is 6.10 Å². The van der Waals surface area contributed by atoms with Gasteiger partial charge in [0.15, 0.2) is 6.10 Å². The number of hydrogen-bond donors (Lipinski definition) is 1. The number of carbonyl (C=O) groups excluding carboxylic acids is 1. The third kappa shape index (κ3) is 5.93. The molecule has 1 aliphatic rings. The van der Waals surface area contributed by atoms with Gasteiger partial charge in [0.05, 0.1) is 7.11 Å². The Labute approximate surface area is 131 Å². The first-order chi connectivity index (χ1) is 10.7. The fourth-order valence-corrected chi connectivity index (χ4v) is 1.98. The molecule has 2 rings (SSSR count). The summed E-state index contributed by atoms with van der Waals surface area (Å²) in [5, 5.41) is 2.86. The molecule has 22 heavy (non-hydrogen) atoms. The largest absolute Gasteiger partial charge is 0.497 e. The molecule has 0 heterocycles.